The summed E-state index contributed by atoms with van der Waals surface area (Å²) in [4.78, 5) is 0. The van der Waals surface area contributed by atoms with E-state index in [9.17, 15) is 0 Å². The Kier molecular flexibility index (Phi) is 4.70. The Hall–Kier alpha value is -1.42. The van der Waals surface area contributed by atoms with Gasteiger partial charge in [0, 0.05) is 23.9 Å². The number of unbranched alkanes of at least 4 members (excludes halogenated alkanes) is 2. The third-order valence-corrected chi connectivity index (χ3v) is 2.95. The van der Waals surface area contributed by atoms with E-state index in [4.69, 9.17) is 19.9 Å². The van der Waals surface area contributed by atoms with Gasteiger partial charge in [-0.1, -0.05) is 19.8 Å². The third kappa shape index (κ3) is 3.29. The highest BCUT2D eigenvalue weighted by atomic mass is 16.6. The van der Waals surface area contributed by atoms with E-state index in [0.717, 1.165) is 30.1 Å². The lowest BCUT2D eigenvalue weighted by Crippen LogP contribution is -2.16. The Bertz CT molecular complexity index is 393. The minimum absolute atomic E-state index is 0.534. The number of benzene rings is 1. The molecule has 1 aliphatic rings. The minimum Gasteiger partial charge on any atom is -0.486 e. The van der Waals surface area contributed by atoms with Crippen LogP contribution in [0.4, 0.5) is 5.69 Å². The summed E-state index contributed by atoms with van der Waals surface area (Å²) in [7, 11) is 0. The van der Waals surface area contributed by atoms with Gasteiger partial charge in [-0.15, -0.1) is 0 Å². The number of nitrogen functional groups attached to an aromatic ring is 1. The van der Waals surface area contributed by atoms with E-state index >= 15 is 0 Å². The molecule has 0 atom stereocenters. The van der Waals surface area contributed by atoms with Crippen molar-refractivity contribution in [3.63, 3.8) is 0 Å². The topological polar surface area (TPSA) is 53.7 Å². The van der Waals surface area contributed by atoms with Crippen molar-refractivity contribution in [1.29, 1.82) is 0 Å². The Labute approximate surface area is 108 Å². The van der Waals surface area contributed by atoms with Gasteiger partial charge in [-0.3, -0.25) is 0 Å². The second-order valence-corrected chi connectivity index (χ2v) is 4.45. The quantitative estimate of drug-likeness (QED) is 0.624. The van der Waals surface area contributed by atoms with Crippen LogP contribution in [0.1, 0.15) is 31.7 Å². The zero-order valence-electron chi connectivity index (χ0n) is 10.9. The molecule has 0 aliphatic carbocycles. The lowest BCUT2D eigenvalue weighted by atomic mass is 10.1. The van der Waals surface area contributed by atoms with E-state index in [0.29, 0.717) is 25.5 Å². The van der Waals surface area contributed by atoms with Crippen molar-refractivity contribution < 1.29 is 14.2 Å². The Morgan fingerprint density at radius 1 is 1.17 bits per heavy atom. The molecular formula is C14H21NO3. The first-order chi connectivity index (χ1) is 8.81. The fraction of sp³-hybridized carbons (Fsp3) is 0.571. The summed E-state index contributed by atoms with van der Waals surface area (Å²) in [6.07, 6.45) is 3.51. The van der Waals surface area contributed by atoms with Crippen LogP contribution in [0.2, 0.25) is 0 Å². The monoisotopic (exact) mass is 251 g/mol. The standard InChI is InChI=1S/C14H21NO3/c1-2-3-4-5-16-10-11-8-13-14(9-12(11)15)18-7-6-17-13/h8-9H,2-7,10,15H2,1H3. The zero-order chi connectivity index (χ0) is 12.8. The van der Waals surface area contributed by atoms with Crippen LogP contribution < -0.4 is 15.2 Å². The predicted octanol–water partition coefficient (Wildman–Crippen LogP) is 2.75. The van der Waals surface area contributed by atoms with Gasteiger partial charge in [-0.05, 0) is 12.5 Å². The van der Waals surface area contributed by atoms with Crippen LogP contribution in [-0.2, 0) is 11.3 Å². The Morgan fingerprint density at radius 2 is 1.89 bits per heavy atom. The van der Waals surface area contributed by atoms with Crippen molar-refractivity contribution in [3.8, 4) is 11.5 Å². The lowest BCUT2D eigenvalue weighted by molar-refractivity contribution is 0.116. The van der Waals surface area contributed by atoms with Crippen molar-refractivity contribution in [2.45, 2.75) is 32.8 Å². The molecule has 0 aromatic heterocycles. The highest BCUT2D eigenvalue weighted by Crippen LogP contribution is 2.34. The molecule has 18 heavy (non-hydrogen) atoms. The van der Waals surface area contributed by atoms with E-state index in [-0.39, 0.29) is 0 Å². The van der Waals surface area contributed by atoms with Crippen LogP contribution in [-0.4, -0.2) is 19.8 Å². The van der Waals surface area contributed by atoms with Gasteiger partial charge in [0.15, 0.2) is 11.5 Å². The van der Waals surface area contributed by atoms with Crippen LogP contribution in [0.25, 0.3) is 0 Å². The SMILES string of the molecule is CCCCCOCc1cc2c(cc1N)OCCO2. The van der Waals surface area contributed by atoms with Crippen LogP contribution in [0.3, 0.4) is 0 Å². The van der Waals surface area contributed by atoms with E-state index in [1.807, 2.05) is 12.1 Å². The summed E-state index contributed by atoms with van der Waals surface area (Å²) < 4.78 is 16.6. The average molecular weight is 251 g/mol. The van der Waals surface area contributed by atoms with Crippen molar-refractivity contribution in [3.05, 3.63) is 17.7 Å². The minimum atomic E-state index is 0.534. The number of anilines is 1. The van der Waals surface area contributed by atoms with Gasteiger partial charge in [0.1, 0.15) is 13.2 Å². The highest BCUT2D eigenvalue weighted by Gasteiger charge is 2.14. The van der Waals surface area contributed by atoms with E-state index in [1.165, 1.54) is 12.8 Å². The molecule has 0 bridgehead atoms. The first-order valence-corrected chi connectivity index (χ1v) is 6.57. The summed E-state index contributed by atoms with van der Waals surface area (Å²) in [6.45, 7) is 4.67. The summed E-state index contributed by atoms with van der Waals surface area (Å²) in [5, 5.41) is 0. The Balaban J connectivity index is 1.91. The molecule has 0 amide bonds. The van der Waals surface area contributed by atoms with E-state index in [2.05, 4.69) is 6.92 Å². The second kappa shape index (κ2) is 6.50. The summed E-state index contributed by atoms with van der Waals surface area (Å²) in [6, 6.07) is 3.74. The number of ether oxygens (including phenoxy) is 3. The molecular weight excluding hydrogens is 230 g/mol. The molecule has 1 heterocycles. The predicted molar refractivity (Wildman–Crippen MR) is 71.0 cm³/mol. The molecule has 4 nitrogen and oxygen atoms in total. The molecule has 0 unspecified atom stereocenters. The van der Waals surface area contributed by atoms with Crippen LogP contribution in [0, 0.1) is 0 Å². The van der Waals surface area contributed by atoms with E-state index < -0.39 is 0 Å². The highest BCUT2D eigenvalue weighted by molar-refractivity contribution is 5.58. The van der Waals surface area contributed by atoms with Gasteiger partial charge in [0.2, 0.25) is 0 Å². The molecule has 1 aromatic carbocycles. The van der Waals surface area contributed by atoms with Crippen LogP contribution in [0.15, 0.2) is 12.1 Å². The maximum absolute atomic E-state index is 5.97. The molecule has 0 saturated carbocycles. The van der Waals surface area contributed by atoms with Gasteiger partial charge < -0.3 is 19.9 Å². The van der Waals surface area contributed by atoms with Crippen molar-refractivity contribution in [1.82, 2.24) is 0 Å². The molecule has 1 aliphatic heterocycles. The number of fused-ring (bicyclic) bond motifs is 1. The first kappa shape index (κ1) is 13.0. The molecule has 0 radical (unpaired) electrons. The van der Waals surface area contributed by atoms with Gasteiger partial charge in [-0.2, -0.15) is 0 Å². The Morgan fingerprint density at radius 3 is 2.61 bits per heavy atom. The molecule has 0 saturated heterocycles. The molecule has 100 valence electrons. The summed E-state index contributed by atoms with van der Waals surface area (Å²) in [5.41, 5.74) is 7.64. The smallest absolute Gasteiger partial charge is 0.163 e. The molecule has 4 heteroatoms. The largest absolute Gasteiger partial charge is 0.486 e. The van der Waals surface area contributed by atoms with Crippen LogP contribution >= 0.6 is 0 Å². The zero-order valence-corrected chi connectivity index (χ0v) is 10.9. The fourth-order valence-electron chi connectivity index (χ4n) is 1.91. The number of rotatable bonds is 6. The maximum Gasteiger partial charge on any atom is 0.163 e. The molecule has 1 aromatic rings. The fourth-order valence-corrected chi connectivity index (χ4v) is 1.91. The van der Waals surface area contributed by atoms with Crippen molar-refractivity contribution >= 4 is 5.69 Å². The van der Waals surface area contributed by atoms with Crippen molar-refractivity contribution in [2.24, 2.45) is 0 Å². The lowest BCUT2D eigenvalue weighted by Gasteiger charge is -2.20. The second-order valence-electron chi connectivity index (χ2n) is 4.45. The van der Waals surface area contributed by atoms with Crippen molar-refractivity contribution in [2.75, 3.05) is 25.6 Å². The maximum atomic E-state index is 5.97. The normalized spacial score (nSPS) is 13.6. The first-order valence-electron chi connectivity index (χ1n) is 6.57. The molecule has 2 N–H and O–H groups in total. The van der Waals surface area contributed by atoms with Gasteiger partial charge in [0.05, 0.1) is 6.61 Å². The number of hydrogen-bond acceptors (Lipinski definition) is 4. The van der Waals surface area contributed by atoms with Gasteiger partial charge >= 0.3 is 0 Å². The molecule has 0 fully saturated rings. The van der Waals surface area contributed by atoms with Gasteiger partial charge in [-0.25, -0.2) is 0 Å². The number of hydrogen-bond donors (Lipinski definition) is 1. The van der Waals surface area contributed by atoms with E-state index in [1.54, 1.807) is 0 Å². The molecule has 0 spiro atoms. The summed E-state index contributed by atoms with van der Waals surface area (Å²) in [5.74, 6) is 1.50. The number of nitrogens with two attached hydrogens (primary N) is 1. The van der Waals surface area contributed by atoms with Gasteiger partial charge in [0.25, 0.3) is 0 Å². The van der Waals surface area contributed by atoms with Crippen LogP contribution in [0.5, 0.6) is 11.5 Å². The molecule has 2 rings (SSSR count). The average Bonchev–Trinajstić information content (AvgIpc) is 2.39. The summed E-state index contributed by atoms with van der Waals surface area (Å²) >= 11 is 0. The third-order valence-electron chi connectivity index (χ3n) is 2.95.